The van der Waals surface area contributed by atoms with Crippen molar-refractivity contribution in [3.8, 4) is 0 Å². The van der Waals surface area contributed by atoms with Gasteiger partial charge < -0.3 is 10.2 Å². The van der Waals surface area contributed by atoms with Crippen LogP contribution in [0.5, 0.6) is 0 Å². The molecule has 2 aromatic rings. The van der Waals surface area contributed by atoms with Gasteiger partial charge in [0.2, 0.25) is 5.91 Å². The Kier molecular flexibility index (Phi) is 4.61. The molecule has 1 amide bonds. The zero-order valence-electron chi connectivity index (χ0n) is 14.8. The van der Waals surface area contributed by atoms with Gasteiger partial charge in [0.1, 0.15) is 0 Å². The van der Waals surface area contributed by atoms with E-state index in [1.165, 1.54) is 16.8 Å². The van der Waals surface area contributed by atoms with Crippen LogP contribution in [0.4, 0.5) is 11.4 Å². The summed E-state index contributed by atoms with van der Waals surface area (Å²) in [6, 6.07) is 16.6. The lowest BCUT2D eigenvalue weighted by atomic mass is 9.87. The van der Waals surface area contributed by atoms with Crippen molar-refractivity contribution in [3.63, 3.8) is 0 Å². The zero-order chi connectivity index (χ0) is 17.2. The van der Waals surface area contributed by atoms with Crippen molar-refractivity contribution in [1.29, 1.82) is 0 Å². The molecule has 24 heavy (non-hydrogen) atoms. The summed E-state index contributed by atoms with van der Waals surface area (Å²) < 4.78 is 0. The first-order valence-corrected chi connectivity index (χ1v) is 8.67. The standard InChI is InChI=1S/C21H26N2O/c1-21(2,3)17-8-10-18(11-9-17)22-20(24)13-15-23-14-12-16-6-4-5-7-19(16)23/h4-11H,12-15H2,1-3H3,(H,22,24). The van der Waals surface area contributed by atoms with Gasteiger partial charge in [0, 0.05) is 30.9 Å². The predicted octanol–water partition coefficient (Wildman–Crippen LogP) is 4.38. The first-order valence-electron chi connectivity index (χ1n) is 8.67. The zero-order valence-corrected chi connectivity index (χ0v) is 14.8. The van der Waals surface area contributed by atoms with Crippen LogP contribution >= 0.6 is 0 Å². The summed E-state index contributed by atoms with van der Waals surface area (Å²) in [5.74, 6) is 0.0721. The highest BCUT2D eigenvalue weighted by molar-refractivity contribution is 5.91. The number of carbonyl (C=O) groups excluding carboxylic acids is 1. The van der Waals surface area contributed by atoms with E-state index in [9.17, 15) is 4.79 Å². The van der Waals surface area contributed by atoms with E-state index in [1.807, 2.05) is 12.1 Å². The number of para-hydroxylation sites is 1. The van der Waals surface area contributed by atoms with Gasteiger partial charge in [-0.2, -0.15) is 0 Å². The highest BCUT2D eigenvalue weighted by atomic mass is 16.1. The molecule has 0 fully saturated rings. The molecule has 0 atom stereocenters. The average Bonchev–Trinajstić information content (AvgIpc) is 2.96. The van der Waals surface area contributed by atoms with Crippen molar-refractivity contribution in [2.75, 3.05) is 23.3 Å². The van der Waals surface area contributed by atoms with E-state index in [0.717, 1.165) is 25.2 Å². The smallest absolute Gasteiger partial charge is 0.226 e. The van der Waals surface area contributed by atoms with Crippen LogP contribution in [0.2, 0.25) is 0 Å². The summed E-state index contributed by atoms with van der Waals surface area (Å²) in [7, 11) is 0. The summed E-state index contributed by atoms with van der Waals surface area (Å²) in [6.07, 6.45) is 1.58. The molecule has 0 saturated heterocycles. The molecular weight excluding hydrogens is 296 g/mol. The van der Waals surface area contributed by atoms with Gasteiger partial charge in [-0.3, -0.25) is 4.79 Å². The Hall–Kier alpha value is -2.29. The number of benzene rings is 2. The second-order valence-electron chi connectivity index (χ2n) is 7.49. The van der Waals surface area contributed by atoms with Crippen molar-refractivity contribution in [3.05, 3.63) is 59.7 Å². The van der Waals surface area contributed by atoms with Gasteiger partial charge in [0.15, 0.2) is 0 Å². The Morgan fingerprint density at radius 1 is 1.08 bits per heavy atom. The van der Waals surface area contributed by atoms with Crippen LogP contribution in [0.1, 0.15) is 38.3 Å². The third kappa shape index (κ3) is 3.78. The lowest BCUT2D eigenvalue weighted by molar-refractivity contribution is -0.116. The van der Waals surface area contributed by atoms with Gasteiger partial charge in [0.25, 0.3) is 0 Å². The summed E-state index contributed by atoms with van der Waals surface area (Å²) in [5, 5.41) is 3.00. The third-order valence-electron chi connectivity index (χ3n) is 4.63. The van der Waals surface area contributed by atoms with Crippen molar-refractivity contribution in [1.82, 2.24) is 0 Å². The van der Waals surface area contributed by atoms with E-state index in [2.05, 4.69) is 67.4 Å². The number of carbonyl (C=O) groups is 1. The van der Waals surface area contributed by atoms with Gasteiger partial charge in [-0.25, -0.2) is 0 Å². The Balaban J connectivity index is 1.53. The fourth-order valence-electron chi connectivity index (χ4n) is 3.15. The quantitative estimate of drug-likeness (QED) is 0.906. The Labute approximate surface area is 144 Å². The first-order chi connectivity index (χ1) is 11.4. The molecule has 0 unspecified atom stereocenters. The Morgan fingerprint density at radius 2 is 1.79 bits per heavy atom. The minimum Gasteiger partial charge on any atom is -0.370 e. The topological polar surface area (TPSA) is 32.3 Å². The Bertz CT molecular complexity index is 713. The highest BCUT2D eigenvalue weighted by Gasteiger charge is 2.19. The molecule has 0 aromatic heterocycles. The van der Waals surface area contributed by atoms with Crippen LogP contribution in [0.25, 0.3) is 0 Å². The molecule has 126 valence electrons. The number of anilines is 2. The number of fused-ring (bicyclic) bond motifs is 1. The van der Waals surface area contributed by atoms with Crippen LogP contribution in [-0.2, 0) is 16.6 Å². The second-order valence-corrected chi connectivity index (χ2v) is 7.49. The summed E-state index contributed by atoms with van der Waals surface area (Å²) >= 11 is 0. The predicted molar refractivity (Wildman–Crippen MR) is 101 cm³/mol. The SMILES string of the molecule is CC(C)(C)c1ccc(NC(=O)CCN2CCc3ccccc32)cc1. The van der Waals surface area contributed by atoms with Gasteiger partial charge in [-0.05, 0) is 41.2 Å². The molecular formula is C21H26N2O. The first kappa shape index (κ1) is 16.6. The molecule has 1 heterocycles. The maximum absolute atomic E-state index is 12.2. The lowest BCUT2D eigenvalue weighted by Crippen LogP contribution is -2.26. The largest absolute Gasteiger partial charge is 0.370 e. The number of amides is 1. The van der Waals surface area contributed by atoms with E-state index in [1.54, 1.807) is 0 Å². The van der Waals surface area contributed by atoms with E-state index in [0.29, 0.717) is 6.42 Å². The van der Waals surface area contributed by atoms with Crippen molar-refractivity contribution in [2.45, 2.75) is 39.0 Å². The summed E-state index contributed by atoms with van der Waals surface area (Å²) in [6.45, 7) is 8.34. The van der Waals surface area contributed by atoms with E-state index >= 15 is 0 Å². The van der Waals surface area contributed by atoms with Crippen LogP contribution < -0.4 is 10.2 Å². The maximum atomic E-state index is 12.2. The normalized spacial score (nSPS) is 13.7. The Morgan fingerprint density at radius 3 is 2.50 bits per heavy atom. The van der Waals surface area contributed by atoms with Crippen molar-refractivity contribution < 1.29 is 4.79 Å². The van der Waals surface area contributed by atoms with Gasteiger partial charge in [-0.1, -0.05) is 51.1 Å². The third-order valence-corrected chi connectivity index (χ3v) is 4.63. The van der Waals surface area contributed by atoms with Crippen LogP contribution in [-0.4, -0.2) is 19.0 Å². The molecule has 2 aromatic carbocycles. The molecule has 0 saturated carbocycles. The molecule has 0 radical (unpaired) electrons. The van der Waals surface area contributed by atoms with Crippen molar-refractivity contribution in [2.24, 2.45) is 0 Å². The lowest BCUT2D eigenvalue weighted by Gasteiger charge is -2.20. The number of nitrogens with zero attached hydrogens (tertiary/aromatic N) is 1. The maximum Gasteiger partial charge on any atom is 0.226 e. The number of rotatable bonds is 4. The molecule has 0 bridgehead atoms. The number of hydrogen-bond acceptors (Lipinski definition) is 2. The number of nitrogens with one attached hydrogen (secondary N) is 1. The van der Waals surface area contributed by atoms with Crippen LogP contribution in [0.15, 0.2) is 48.5 Å². The van der Waals surface area contributed by atoms with Crippen LogP contribution in [0.3, 0.4) is 0 Å². The molecule has 1 aliphatic heterocycles. The second kappa shape index (κ2) is 6.68. The number of hydrogen-bond donors (Lipinski definition) is 1. The van der Waals surface area contributed by atoms with Gasteiger partial charge >= 0.3 is 0 Å². The summed E-state index contributed by atoms with van der Waals surface area (Å²) in [4.78, 5) is 14.5. The van der Waals surface area contributed by atoms with Crippen molar-refractivity contribution >= 4 is 17.3 Å². The molecule has 0 spiro atoms. The van der Waals surface area contributed by atoms with E-state index in [4.69, 9.17) is 0 Å². The van der Waals surface area contributed by atoms with E-state index in [-0.39, 0.29) is 11.3 Å². The van der Waals surface area contributed by atoms with Crippen LogP contribution in [0, 0.1) is 0 Å². The minimum absolute atomic E-state index is 0.0721. The molecule has 3 nitrogen and oxygen atoms in total. The summed E-state index contributed by atoms with van der Waals surface area (Å²) in [5.41, 5.74) is 4.94. The molecule has 3 heteroatoms. The fourth-order valence-corrected chi connectivity index (χ4v) is 3.15. The molecule has 1 aliphatic rings. The average molecular weight is 322 g/mol. The highest BCUT2D eigenvalue weighted by Crippen LogP contribution is 2.27. The molecule has 0 aliphatic carbocycles. The molecule has 1 N–H and O–H groups in total. The van der Waals surface area contributed by atoms with Gasteiger partial charge in [0.05, 0.1) is 0 Å². The monoisotopic (exact) mass is 322 g/mol. The minimum atomic E-state index is 0.0721. The molecule has 3 rings (SSSR count). The van der Waals surface area contributed by atoms with E-state index < -0.39 is 0 Å². The van der Waals surface area contributed by atoms with Gasteiger partial charge in [-0.15, -0.1) is 0 Å². The fraction of sp³-hybridized carbons (Fsp3) is 0.381.